The predicted octanol–water partition coefficient (Wildman–Crippen LogP) is 10.9. The largest absolute Gasteiger partial charge is 0.464 e. The zero-order valence-electron chi connectivity index (χ0n) is 35.4. The lowest BCUT2D eigenvalue weighted by Gasteiger charge is -2.30. The monoisotopic (exact) mass is 843 g/mol. The average molecular weight is 844 g/mol. The van der Waals surface area contributed by atoms with E-state index in [-0.39, 0.29) is 36.4 Å². The molecule has 11 rings (SSSR count). The minimum absolute atomic E-state index is 0.157. The van der Waals surface area contributed by atoms with Gasteiger partial charge in [0.25, 0.3) is 0 Å². The third-order valence-electron chi connectivity index (χ3n) is 12.8. The molecule has 2 saturated carbocycles. The van der Waals surface area contributed by atoms with Crippen LogP contribution in [0.3, 0.4) is 0 Å². The molecule has 2 aliphatic carbocycles. The number of aromatic nitrogens is 5. The van der Waals surface area contributed by atoms with Gasteiger partial charge in [-0.2, -0.15) is 0 Å². The molecule has 7 atom stereocenters. The predicted molar refractivity (Wildman–Crippen MR) is 230 cm³/mol. The third-order valence-corrected chi connectivity index (χ3v) is 14.0. The number of nitrogens with one attached hydrogen (secondary N) is 2. The van der Waals surface area contributed by atoms with E-state index in [1.54, 1.807) is 17.5 Å². The molecule has 3 aliphatic heterocycles. The molecule has 0 spiro atoms. The Bertz CT molecular complexity index is 2750. The van der Waals surface area contributed by atoms with Crippen LogP contribution in [0, 0.1) is 17.7 Å². The fourth-order valence-corrected chi connectivity index (χ4v) is 10.8. The highest BCUT2D eigenvalue weighted by Gasteiger charge is 2.57. The summed E-state index contributed by atoms with van der Waals surface area (Å²) in [6.45, 7) is 13.4. The average Bonchev–Trinajstić information content (AvgIpc) is 3.68. The van der Waals surface area contributed by atoms with E-state index in [9.17, 15) is 9.59 Å². The molecular formula is C47H50FN7O5S. The number of fused-ring (bicyclic) bond motifs is 7. The Hall–Kier alpha value is -5.63. The van der Waals surface area contributed by atoms with Crippen LogP contribution in [0.5, 0.6) is 5.75 Å². The number of hydrogen-bond acceptors (Lipinski definition) is 8. The molecule has 4 aromatic heterocycles. The summed E-state index contributed by atoms with van der Waals surface area (Å²) < 4.78 is 37.3. The molecule has 316 valence electrons. The molecule has 6 aromatic rings. The minimum atomic E-state index is -0.607. The summed E-state index contributed by atoms with van der Waals surface area (Å²) in [6, 6.07) is 15.9. The number of amides is 2. The van der Waals surface area contributed by atoms with Crippen molar-refractivity contribution >= 4 is 34.4 Å². The first-order valence-corrected chi connectivity index (χ1v) is 22.3. The summed E-state index contributed by atoms with van der Waals surface area (Å²) in [5, 5.41) is 0.931. The van der Waals surface area contributed by atoms with Gasteiger partial charge >= 0.3 is 12.2 Å². The molecule has 1 unspecified atom stereocenters. The van der Waals surface area contributed by atoms with Crippen LogP contribution in [0.2, 0.25) is 0 Å². The zero-order valence-corrected chi connectivity index (χ0v) is 36.2. The molecule has 2 aromatic carbocycles. The van der Waals surface area contributed by atoms with Gasteiger partial charge in [0.2, 0.25) is 6.23 Å². The Balaban J connectivity index is 0.929. The number of aryl methyl sites for hydroxylation is 1. The van der Waals surface area contributed by atoms with Gasteiger partial charge in [0.15, 0.2) is 0 Å². The van der Waals surface area contributed by atoms with Crippen LogP contribution in [0.25, 0.3) is 44.7 Å². The number of nitrogens with zero attached hydrogens (tertiary/aromatic N) is 5. The maximum Gasteiger partial charge on any atom is 0.411 e. The molecule has 0 bridgehead atoms. The van der Waals surface area contributed by atoms with Crippen LogP contribution in [0.15, 0.2) is 60.9 Å². The number of likely N-dealkylation sites (tertiary alicyclic amines) is 2. The van der Waals surface area contributed by atoms with Gasteiger partial charge in [0.05, 0.1) is 57.5 Å². The Labute approximate surface area is 357 Å². The van der Waals surface area contributed by atoms with Crippen molar-refractivity contribution in [3.8, 4) is 39.5 Å². The van der Waals surface area contributed by atoms with Gasteiger partial charge < -0.3 is 24.2 Å². The summed E-state index contributed by atoms with van der Waals surface area (Å²) in [5.41, 5.74) is 3.85. The van der Waals surface area contributed by atoms with E-state index in [0.29, 0.717) is 40.2 Å². The Morgan fingerprint density at radius 2 is 1.41 bits per heavy atom. The Morgan fingerprint density at radius 1 is 0.803 bits per heavy atom. The van der Waals surface area contributed by atoms with Crippen LogP contribution in [-0.2, 0) is 15.9 Å². The van der Waals surface area contributed by atoms with Crippen LogP contribution < -0.4 is 4.74 Å². The molecule has 5 aliphatic rings. The van der Waals surface area contributed by atoms with Gasteiger partial charge in [-0.3, -0.25) is 14.4 Å². The SMILES string of the molecule is CCc1ccc(C2Oc3cc(-c4cnc([C@@H]5C[C@H]6C[C@H]6N5C(=O)OC(C)(C)C)[nH]4)cc(F)c3-c3cc4cc(-c5cnc([C@@H]6C[C@H]7C[C@H]7N6C(=O)OC(C)(C)C)[nH]5)ccc4n32)s1. The zero-order chi connectivity index (χ0) is 42.3. The fourth-order valence-electron chi connectivity index (χ4n) is 9.86. The number of hydrogen-bond donors (Lipinski definition) is 2. The lowest BCUT2D eigenvalue weighted by molar-refractivity contribution is 0.0164. The molecule has 61 heavy (non-hydrogen) atoms. The second-order valence-electron chi connectivity index (χ2n) is 19.4. The fraction of sp³-hybridized carbons (Fsp3) is 0.447. The van der Waals surface area contributed by atoms with Crippen molar-refractivity contribution < 1.29 is 28.2 Å². The lowest BCUT2D eigenvalue weighted by atomic mass is 10.0. The van der Waals surface area contributed by atoms with Crippen LogP contribution in [0.1, 0.15) is 114 Å². The maximum absolute atomic E-state index is 16.8. The van der Waals surface area contributed by atoms with E-state index < -0.39 is 23.2 Å². The second-order valence-corrected chi connectivity index (χ2v) is 20.6. The van der Waals surface area contributed by atoms with Gasteiger partial charge in [-0.15, -0.1) is 11.3 Å². The van der Waals surface area contributed by atoms with E-state index in [1.165, 1.54) is 10.9 Å². The third kappa shape index (κ3) is 6.59. The highest BCUT2D eigenvalue weighted by atomic mass is 32.1. The number of carbonyl (C=O) groups is 2. The Morgan fingerprint density at radius 3 is 1.98 bits per heavy atom. The standard InChI is InChI=1S/C47H50FN7O5S/c1-8-28-10-12-39(61-28)43-53-32-11-9-23(30-21-49-41(51-30)36-18-26-15-33(26)54(36)44(56)59-46(2,3)4)13-25(32)17-35(53)40-29(48)14-24(20-38(40)58-43)31-22-50-42(52-31)37-19-27-16-34(27)55(37)45(57)60-47(5,6)7/h9-14,17,20-22,26-27,33-34,36-37,43H,8,15-16,18-19H2,1-7H3,(H,49,51)(H,50,52)/t26-,27-,33-,34-,36+,37+,43?/m1/s1. The molecular weight excluding hydrogens is 794 g/mol. The number of carbonyl (C=O) groups excluding carboxylic acids is 2. The van der Waals surface area contributed by atoms with E-state index in [1.807, 2.05) is 69.7 Å². The number of rotatable bonds is 6. The quantitative estimate of drug-likeness (QED) is 0.171. The number of ether oxygens (including phenoxy) is 3. The molecule has 7 heterocycles. The topological polar surface area (TPSA) is 131 Å². The summed E-state index contributed by atoms with van der Waals surface area (Å²) in [7, 11) is 0. The van der Waals surface area contributed by atoms with E-state index in [2.05, 4.69) is 51.8 Å². The summed E-state index contributed by atoms with van der Waals surface area (Å²) in [4.78, 5) is 49.0. The maximum atomic E-state index is 16.8. The first kappa shape index (κ1) is 38.3. The molecule has 4 fully saturated rings. The molecule has 2 amide bonds. The number of benzene rings is 2. The molecule has 14 heteroatoms. The number of halogens is 1. The molecule has 2 N–H and O–H groups in total. The summed E-state index contributed by atoms with van der Waals surface area (Å²) in [5.74, 6) is 2.35. The van der Waals surface area contributed by atoms with Crippen molar-refractivity contribution in [1.29, 1.82) is 0 Å². The van der Waals surface area contributed by atoms with E-state index in [0.717, 1.165) is 70.7 Å². The summed E-state index contributed by atoms with van der Waals surface area (Å²) in [6.07, 6.45) is 6.93. The Kier molecular flexibility index (Phi) is 8.44. The van der Waals surface area contributed by atoms with Crippen LogP contribution in [0.4, 0.5) is 14.0 Å². The van der Waals surface area contributed by atoms with Crippen molar-refractivity contribution in [2.75, 3.05) is 0 Å². The van der Waals surface area contributed by atoms with Gasteiger partial charge in [-0.25, -0.2) is 23.9 Å². The number of imidazole rings is 2. The number of aromatic amines is 2. The molecule has 2 saturated heterocycles. The first-order valence-electron chi connectivity index (χ1n) is 21.5. The van der Waals surface area contributed by atoms with Gasteiger partial charge in [0, 0.05) is 33.5 Å². The van der Waals surface area contributed by atoms with Crippen LogP contribution in [-0.4, -0.2) is 69.8 Å². The lowest BCUT2D eigenvalue weighted by Crippen LogP contribution is -2.38. The first-order chi connectivity index (χ1) is 29.1. The second kappa shape index (κ2) is 13.4. The number of thiophene rings is 1. The van der Waals surface area contributed by atoms with Gasteiger partial charge in [-0.1, -0.05) is 13.0 Å². The van der Waals surface area contributed by atoms with Crippen molar-refractivity contribution in [3.63, 3.8) is 0 Å². The van der Waals surface area contributed by atoms with Crippen molar-refractivity contribution in [3.05, 3.63) is 88.1 Å². The van der Waals surface area contributed by atoms with Crippen molar-refractivity contribution in [1.82, 2.24) is 34.3 Å². The van der Waals surface area contributed by atoms with Gasteiger partial charge in [-0.05, 0) is 128 Å². The number of piperidine rings is 2. The van der Waals surface area contributed by atoms with E-state index >= 15 is 4.39 Å². The highest BCUT2D eigenvalue weighted by Crippen LogP contribution is 2.55. The van der Waals surface area contributed by atoms with E-state index in [4.69, 9.17) is 24.2 Å². The van der Waals surface area contributed by atoms with Gasteiger partial charge in [0.1, 0.15) is 34.4 Å². The smallest absolute Gasteiger partial charge is 0.411 e. The highest BCUT2D eigenvalue weighted by molar-refractivity contribution is 7.12. The summed E-state index contributed by atoms with van der Waals surface area (Å²) >= 11 is 1.70. The van der Waals surface area contributed by atoms with Crippen LogP contribution >= 0.6 is 11.3 Å². The van der Waals surface area contributed by atoms with Crippen molar-refractivity contribution in [2.24, 2.45) is 11.8 Å². The normalized spacial score (nSPS) is 24.9. The minimum Gasteiger partial charge on any atom is -0.464 e. The van der Waals surface area contributed by atoms with Crippen molar-refractivity contribution in [2.45, 2.75) is 122 Å². The molecule has 12 nitrogen and oxygen atoms in total. The number of H-pyrrole nitrogens is 2. The molecule has 0 radical (unpaired) electrons.